The summed E-state index contributed by atoms with van der Waals surface area (Å²) in [5, 5.41) is 10.1. The summed E-state index contributed by atoms with van der Waals surface area (Å²) < 4.78 is 5.32. The molecule has 25 heavy (non-hydrogen) atoms. The summed E-state index contributed by atoms with van der Waals surface area (Å²) >= 11 is 0. The second-order valence-corrected chi connectivity index (χ2v) is 5.95. The van der Waals surface area contributed by atoms with E-state index in [9.17, 15) is 10.1 Å². The zero-order chi connectivity index (χ0) is 18.1. The van der Waals surface area contributed by atoms with Gasteiger partial charge in [-0.1, -0.05) is 66.7 Å². The van der Waals surface area contributed by atoms with Gasteiger partial charge in [-0.15, -0.1) is 6.58 Å². The number of carbonyl (C=O) groups excluding carboxylic acids is 1. The molecule has 2 atom stereocenters. The fourth-order valence-electron chi connectivity index (χ4n) is 3.15. The Morgan fingerprint density at radius 1 is 1.20 bits per heavy atom. The SMILES string of the molecule is C=CCC(c1ccccc1)C(C#N)(Cc1ccccc1)C(=O)OCC. The molecule has 0 aliphatic rings. The van der Waals surface area contributed by atoms with Crippen LogP contribution in [-0.2, 0) is 16.0 Å². The molecule has 0 aliphatic carbocycles. The minimum atomic E-state index is -1.30. The fraction of sp³-hybridized carbons (Fsp3) is 0.273. The van der Waals surface area contributed by atoms with Crippen molar-refractivity contribution in [2.75, 3.05) is 6.61 Å². The molecular formula is C22H23NO2. The number of esters is 1. The van der Waals surface area contributed by atoms with E-state index in [1.165, 1.54) is 0 Å². The number of hydrogen-bond donors (Lipinski definition) is 0. The summed E-state index contributed by atoms with van der Waals surface area (Å²) in [5.41, 5.74) is 0.572. The lowest BCUT2D eigenvalue weighted by atomic mass is 9.68. The molecule has 3 nitrogen and oxygen atoms in total. The summed E-state index contributed by atoms with van der Waals surface area (Å²) in [5.74, 6) is -0.799. The number of nitrogens with zero attached hydrogens (tertiary/aromatic N) is 1. The maximum absolute atomic E-state index is 12.9. The molecule has 0 saturated heterocycles. The largest absolute Gasteiger partial charge is 0.465 e. The molecule has 2 aromatic rings. The Hall–Kier alpha value is -2.86. The molecule has 0 aromatic heterocycles. The van der Waals surface area contributed by atoms with Crippen LogP contribution in [0.5, 0.6) is 0 Å². The number of nitriles is 1. The van der Waals surface area contributed by atoms with Gasteiger partial charge in [-0.2, -0.15) is 5.26 Å². The first-order chi connectivity index (χ1) is 12.2. The molecule has 0 N–H and O–H groups in total. The highest BCUT2D eigenvalue weighted by atomic mass is 16.5. The molecule has 128 valence electrons. The third kappa shape index (κ3) is 4.16. The predicted molar refractivity (Wildman–Crippen MR) is 98.8 cm³/mol. The molecule has 0 heterocycles. The maximum atomic E-state index is 12.9. The molecule has 3 heteroatoms. The number of rotatable bonds is 8. The van der Waals surface area contributed by atoms with Gasteiger partial charge in [0.25, 0.3) is 0 Å². The average molecular weight is 333 g/mol. The average Bonchev–Trinajstić information content (AvgIpc) is 2.66. The van der Waals surface area contributed by atoms with E-state index in [0.717, 1.165) is 11.1 Å². The third-order valence-corrected chi connectivity index (χ3v) is 4.36. The Kier molecular flexibility index (Phi) is 6.54. The van der Waals surface area contributed by atoms with E-state index in [4.69, 9.17) is 4.74 Å². The molecule has 0 saturated carbocycles. The Bertz CT molecular complexity index is 734. The van der Waals surface area contributed by atoms with Gasteiger partial charge >= 0.3 is 5.97 Å². The Morgan fingerprint density at radius 2 is 1.80 bits per heavy atom. The van der Waals surface area contributed by atoms with E-state index < -0.39 is 11.4 Å². The lowest BCUT2D eigenvalue weighted by Crippen LogP contribution is -2.39. The van der Waals surface area contributed by atoms with Crippen LogP contribution in [0.25, 0.3) is 0 Å². The monoisotopic (exact) mass is 333 g/mol. The van der Waals surface area contributed by atoms with E-state index >= 15 is 0 Å². The second-order valence-electron chi connectivity index (χ2n) is 5.95. The van der Waals surface area contributed by atoms with Crippen LogP contribution in [0.3, 0.4) is 0 Å². The van der Waals surface area contributed by atoms with Gasteiger partial charge in [0.15, 0.2) is 5.41 Å². The van der Waals surface area contributed by atoms with Crippen LogP contribution < -0.4 is 0 Å². The summed E-state index contributed by atoms with van der Waals surface area (Å²) in [7, 11) is 0. The van der Waals surface area contributed by atoms with Crippen LogP contribution >= 0.6 is 0 Å². The first-order valence-electron chi connectivity index (χ1n) is 8.46. The highest BCUT2D eigenvalue weighted by molar-refractivity contribution is 5.82. The first-order valence-corrected chi connectivity index (χ1v) is 8.46. The number of ether oxygens (including phenoxy) is 1. The fourth-order valence-corrected chi connectivity index (χ4v) is 3.15. The minimum absolute atomic E-state index is 0.243. The summed E-state index contributed by atoms with van der Waals surface area (Å²) in [4.78, 5) is 12.9. The standard InChI is InChI=1S/C22H23NO2/c1-3-11-20(19-14-9-6-10-15-19)22(17-23,21(24)25-4-2)16-18-12-7-5-8-13-18/h3,5-10,12-15,20H,1,4,11,16H2,2H3. The lowest BCUT2D eigenvalue weighted by molar-refractivity contribution is -0.153. The number of carbonyl (C=O) groups is 1. The summed E-state index contributed by atoms with van der Waals surface area (Å²) in [6.07, 6.45) is 2.58. The molecule has 0 fully saturated rings. The first kappa shape index (κ1) is 18.5. The van der Waals surface area contributed by atoms with Crippen molar-refractivity contribution in [3.63, 3.8) is 0 Å². The van der Waals surface area contributed by atoms with Gasteiger partial charge < -0.3 is 4.74 Å². The number of allylic oxidation sites excluding steroid dienone is 1. The van der Waals surface area contributed by atoms with Crippen LogP contribution in [0.4, 0.5) is 0 Å². The molecule has 2 rings (SSSR count). The van der Waals surface area contributed by atoms with Crippen molar-refractivity contribution >= 4 is 5.97 Å². The van der Waals surface area contributed by atoms with E-state index in [1.54, 1.807) is 13.0 Å². The van der Waals surface area contributed by atoms with Gasteiger partial charge in [-0.3, -0.25) is 4.79 Å². The van der Waals surface area contributed by atoms with Crippen molar-refractivity contribution in [2.24, 2.45) is 5.41 Å². The number of hydrogen-bond acceptors (Lipinski definition) is 3. The number of benzene rings is 2. The van der Waals surface area contributed by atoms with Crippen molar-refractivity contribution in [1.29, 1.82) is 5.26 Å². The lowest BCUT2D eigenvalue weighted by Gasteiger charge is -2.33. The molecule has 0 spiro atoms. The molecule has 2 aromatic carbocycles. The van der Waals surface area contributed by atoms with Crippen molar-refractivity contribution in [3.8, 4) is 6.07 Å². The Labute approximate surface area is 149 Å². The zero-order valence-electron chi connectivity index (χ0n) is 14.5. The van der Waals surface area contributed by atoms with Crippen molar-refractivity contribution in [3.05, 3.63) is 84.4 Å². The van der Waals surface area contributed by atoms with E-state index in [0.29, 0.717) is 12.8 Å². The predicted octanol–water partition coefficient (Wildman–Crippen LogP) is 4.66. The van der Waals surface area contributed by atoms with Crippen LogP contribution in [0.2, 0.25) is 0 Å². The summed E-state index contributed by atoms with van der Waals surface area (Å²) in [6.45, 7) is 5.82. The quantitative estimate of drug-likeness (QED) is 0.521. The summed E-state index contributed by atoms with van der Waals surface area (Å²) in [6, 6.07) is 21.6. The molecular weight excluding hydrogens is 310 g/mol. The van der Waals surface area contributed by atoms with Gasteiger partial charge in [0, 0.05) is 12.3 Å². The van der Waals surface area contributed by atoms with Crippen molar-refractivity contribution in [2.45, 2.75) is 25.7 Å². The van der Waals surface area contributed by atoms with E-state index in [2.05, 4.69) is 12.6 Å². The van der Waals surface area contributed by atoms with Gasteiger partial charge in [0.05, 0.1) is 12.7 Å². The van der Waals surface area contributed by atoms with Crippen LogP contribution in [0.1, 0.15) is 30.4 Å². The highest BCUT2D eigenvalue weighted by Crippen LogP contribution is 2.42. The van der Waals surface area contributed by atoms with Crippen molar-refractivity contribution < 1.29 is 9.53 Å². The van der Waals surface area contributed by atoms with Crippen molar-refractivity contribution in [1.82, 2.24) is 0 Å². The van der Waals surface area contributed by atoms with Gasteiger partial charge in [0.1, 0.15) is 0 Å². The smallest absolute Gasteiger partial charge is 0.327 e. The second kappa shape index (κ2) is 8.84. The van der Waals surface area contributed by atoms with Crippen LogP contribution in [0, 0.1) is 16.7 Å². The van der Waals surface area contributed by atoms with Crippen LogP contribution in [0.15, 0.2) is 73.3 Å². The molecule has 0 aliphatic heterocycles. The van der Waals surface area contributed by atoms with E-state index in [-0.39, 0.29) is 12.5 Å². The van der Waals surface area contributed by atoms with E-state index in [1.807, 2.05) is 60.7 Å². The zero-order valence-corrected chi connectivity index (χ0v) is 14.5. The maximum Gasteiger partial charge on any atom is 0.327 e. The van der Waals surface area contributed by atoms with Crippen LogP contribution in [-0.4, -0.2) is 12.6 Å². The molecule has 0 bridgehead atoms. The molecule has 0 radical (unpaired) electrons. The third-order valence-electron chi connectivity index (χ3n) is 4.36. The molecule has 2 unspecified atom stereocenters. The van der Waals surface area contributed by atoms with Gasteiger partial charge in [-0.25, -0.2) is 0 Å². The van der Waals surface area contributed by atoms with Gasteiger partial charge in [0.2, 0.25) is 0 Å². The molecule has 0 amide bonds. The Morgan fingerprint density at radius 3 is 2.32 bits per heavy atom. The van der Waals surface area contributed by atoms with Gasteiger partial charge in [-0.05, 0) is 24.5 Å². The normalized spacial score (nSPS) is 13.9. The topological polar surface area (TPSA) is 50.1 Å². The Balaban J connectivity index is 2.56. The minimum Gasteiger partial charge on any atom is -0.465 e. The highest BCUT2D eigenvalue weighted by Gasteiger charge is 2.48.